The first kappa shape index (κ1) is 26.0. The highest BCUT2D eigenvalue weighted by Gasteiger charge is 2.22. The van der Waals surface area contributed by atoms with Crippen molar-refractivity contribution in [1.29, 1.82) is 0 Å². The maximum atomic E-state index is 12.0. The lowest BCUT2D eigenvalue weighted by atomic mass is 10.3. The Morgan fingerprint density at radius 1 is 1.38 bits per heavy atom. The second-order valence-corrected chi connectivity index (χ2v) is 9.88. The summed E-state index contributed by atoms with van der Waals surface area (Å²) in [5.41, 5.74) is 0.662. The van der Waals surface area contributed by atoms with E-state index in [-0.39, 0.29) is 47.5 Å². The summed E-state index contributed by atoms with van der Waals surface area (Å²) in [4.78, 5) is 23.3. The number of aryl methyl sites for hydroxylation is 1. The smallest absolute Gasteiger partial charge is 0.350 e. The van der Waals surface area contributed by atoms with Crippen LogP contribution in [0.1, 0.15) is 40.3 Å². The lowest BCUT2D eigenvalue weighted by Gasteiger charge is -2.26. The van der Waals surface area contributed by atoms with Crippen molar-refractivity contribution in [2.45, 2.75) is 26.8 Å². The highest BCUT2D eigenvalue weighted by molar-refractivity contribution is 14.0. The number of sulfone groups is 1. The summed E-state index contributed by atoms with van der Waals surface area (Å²) in [5.74, 6) is 0.733. The summed E-state index contributed by atoms with van der Waals surface area (Å²) in [5, 5.41) is 7.28. The Morgan fingerprint density at radius 3 is 2.62 bits per heavy atom. The zero-order chi connectivity index (χ0) is 20.7. The fourth-order valence-corrected chi connectivity index (χ4v) is 5.00. The Bertz CT molecular complexity index is 799. The molecule has 1 saturated heterocycles. The number of hydrogen-bond donors (Lipinski definition) is 2. The molecule has 2 heterocycles. The minimum atomic E-state index is -2.86. The SMILES string of the molecule is CCOC(=O)c1sc(C(C)NC(=NC)NCCN2CCS(=O)(=O)CC2)nc1C.I. The molecule has 1 aliphatic heterocycles. The molecule has 0 radical (unpaired) electrons. The molecule has 0 amide bonds. The largest absolute Gasteiger partial charge is 0.462 e. The van der Waals surface area contributed by atoms with Crippen LogP contribution >= 0.6 is 35.3 Å². The van der Waals surface area contributed by atoms with Gasteiger partial charge in [-0.15, -0.1) is 35.3 Å². The molecule has 0 bridgehead atoms. The van der Waals surface area contributed by atoms with E-state index in [1.807, 2.05) is 6.92 Å². The van der Waals surface area contributed by atoms with Crippen LogP contribution in [0.4, 0.5) is 0 Å². The molecule has 1 aromatic rings. The number of aromatic nitrogens is 1. The van der Waals surface area contributed by atoms with E-state index < -0.39 is 9.84 Å². The first-order valence-electron chi connectivity index (χ1n) is 9.30. The molecule has 1 fully saturated rings. The molecule has 166 valence electrons. The standard InChI is InChI=1S/C17H29N5O4S2.HI/c1-5-26-16(23)14-12(2)20-15(27-14)13(3)21-17(18-4)19-6-7-22-8-10-28(24,25)11-9-22;/h13H,5-11H2,1-4H3,(H2,18,19,21);1H. The average molecular weight is 559 g/mol. The van der Waals surface area contributed by atoms with Crippen molar-refractivity contribution in [3.05, 3.63) is 15.6 Å². The van der Waals surface area contributed by atoms with Gasteiger partial charge in [-0.3, -0.25) is 9.89 Å². The number of esters is 1. The average Bonchev–Trinajstić information content (AvgIpc) is 3.04. The molecule has 9 nitrogen and oxygen atoms in total. The number of guanidine groups is 1. The van der Waals surface area contributed by atoms with Crippen LogP contribution in [-0.2, 0) is 14.6 Å². The number of nitrogens with zero attached hydrogens (tertiary/aromatic N) is 3. The zero-order valence-corrected chi connectivity index (χ0v) is 21.2. The van der Waals surface area contributed by atoms with Crippen LogP contribution in [0.3, 0.4) is 0 Å². The summed E-state index contributed by atoms with van der Waals surface area (Å²) >= 11 is 1.32. The van der Waals surface area contributed by atoms with Crippen LogP contribution in [0.2, 0.25) is 0 Å². The monoisotopic (exact) mass is 559 g/mol. The molecule has 0 aromatic carbocycles. The van der Waals surface area contributed by atoms with E-state index in [0.717, 1.165) is 11.6 Å². The fourth-order valence-electron chi connectivity index (χ4n) is 2.76. The maximum Gasteiger partial charge on any atom is 0.350 e. The van der Waals surface area contributed by atoms with Gasteiger partial charge in [0.25, 0.3) is 0 Å². The van der Waals surface area contributed by atoms with Crippen molar-refractivity contribution in [3.8, 4) is 0 Å². The minimum Gasteiger partial charge on any atom is -0.462 e. The Labute approximate surface area is 193 Å². The third-order valence-electron chi connectivity index (χ3n) is 4.38. The molecule has 0 saturated carbocycles. The van der Waals surface area contributed by atoms with Gasteiger partial charge in [0.2, 0.25) is 0 Å². The number of carbonyl (C=O) groups is 1. The Balaban J connectivity index is 0.00000420. The van der Waals surface area contributed by atoms with Crippen LogP contribution < -0.4 is 10.6 Å². The van der Waals surface area contributed by atoms with Crippen molar-refractivity contribution < 1.29 is 17.9 Å². The van der Waals surface area contributed by atoms with E-state index >= 15 is 0 Å². The number of rotatable bonds is 7. The van der Waals surface area contributed by atoms with Crippen molar-refractivity contribution in [2.24, 2.45) is 4.99 Å². The van der Waals surface area contributed by atoms with E-state index in [9.17, 15) is 13.2 Å². The third kappa shape index (κ3) is 7.98. The highest BCUT2D eigenvalue weighted by atomic mass is 127. The van der Waals surface area contributed by atoms with Gasteiger partial charge in [0.05, 0.1) is 29.8 Å². The van der Waals surface area contributed by atoms with Gasteiger partial charge in [-0.25, -0.2) is 18.2 Å². The summed E-state index contributed by atoms with van der Waals surface area (Å²) in [6, 6.07) is -0.127. The number of carbonyl (C=O) groups excluding carboxylic acids is 1. The molecule has 1 atom stereocenters. The van der Waals surface area contributed by atoms with Gasteiger partial charge in [0.15, 0.2) is 15.8 Å². The zero-order valence-electron chi connectivity index (χ0n) is 17.2. The first-order valence-corrected chi connectivity index (χ1v) is 11.9. The van der Waals surface area contributed by atoms with E-state index in [1.165, 1.54) is 11.3 Å². The van der Waals surface area contributed by atoms with Gasteiger partial charge < -0.3 is 15.4 Å². The second kappa shape index (κ2) is 12.0. The van der Waals surface area contributed by atoms with Gasteiger partial charge in [-0.05, 0) is 20.8 Å². The molecule has 12 heteroatoms. The summed E-state index contributed by atoms with van der Waals surface area (Å²) in [7, 11) is -1.17. The number of ether oxygens (including phenoxy) is 1. The van der Waals surface area contributed by atoms with E-state index in [2.05, 4.69) is 25.5 Å². The number of aliphatic imine (C=N–C) groups is 1. The maximum absolute atomic E-state index is 12.0. The molecule has 0 spiro atoms. The summed E-state index contributed by atoms with van der Waals surface area (Å²) in [6.45, 7) is 8.39. The van der Waals surface area contributed by atoms with Crippen molar-refractivity contribution in [1.82, 2.24) is 20.5 Å². The molecule has 1 aliphatic rings. The van der Waals surface area contributed by atoms with Gasteiger partial charge in [-0.2, -0.15) is 0 Å². The number of halogens is 1. The van der Waals surface area contributed by atoms with Gasteiger partial charge in [0.1, 0.15) is 9.88 Å². The normalized spacial score (nSPS) is 17.9. The number of thiazole rings is 1. The molecule has 1 unspecified atom stereocenters. The lowest BCUT2D eigenvalue weighted by molar-refractivity contribution is 0.0531. The molecule has 29 heavy (non-hydrogen) atoms. The van der Waals surface area contributed by atoms with Crippen LogP contribution in [0.15, 0.2) is 4.99 Å². The Morgan fingerprint density at radius 2 is 2.03 bits per heavy atom. The number of hydrogen-bond acceptors (Lipinski definition) is 8. The predicted molar refractivity (Wildman–Crippen MR) is 126 cm³/mol. The number of nitrogens with one attached hydrogen (secondary N) is 2. The predicted octanol–water partition coefficient (Wildman–Crippen LogP) is 1.20. The summed E-state index contributed by atoms with van der Waals surface area (Å²) < 4.78 is 28.0. The van der Waals surface area contributed by atoms with Crippen LogP contribution in [0.5, 0.6) is 0 Å². The van der Waals surface area contributed by atoms with Gasteiger partial charge >= 0.3 is 5.97 Å². The molecule has 0 aliphatic carbocycles. The van der Waals surface area contributed by atoms with Crippen molar-refractivity contribution in [3.63, 3.8) is 0 Å². The molecule has 1 aromatic heterocycles. The van der Waals surface area contributed by atoms with E-state index in [1.54, 1.807) is 20.9 Å². The Hall–Kier alpha value is -0.990. The van der Waals surface area contributed by atoms with Crippen LogP contribution in [0, 0.1) is 6.92 Å². The van der Waals surface area contributed by atoms with Gasteiger partial charge in [0, 0.05) is 33.2 Å². The Kier molecular flexibility index (Phi) is 10.8. The highest BCUT2D eigenvalue weighted by Crippen LogP contribution is 2.24. The minimum absolute atomic E-state index is 0. The fraction of sp³-hybridized carbons (Fsp3) is 0.706. The van der Waals surface area contributed by atoms with Crippen LogP contribution in [-0.4, -0.2) is 81.6 Å². The van der Waals surface area contributed by atoms with Gasteiger partial charge in [-0.1, -0.05) is 0 Å². The molecular weight excluding hydrogens is 529 g/mol. The summed E-state index contributed by atoms with van der Waals surface area (Å²) in [6.07, 6.45) is 0. The molecule has 2 rings (SSSR count). The van der Waals surface area contributed by atoms with Crippen LogP contribution in [0.25, 0.3) is 0 Å². The molecular formula is C17H30IN5O4S2. The quantitative estimate of drug-likeness (QED) is 0.222. The van der Waals surface area contributed by atoms with Crippen molar-refractivity contribution in [2.75, 3.05) is 51.3 Å². The molecule has 2 N–H and O–H groups in total. The third-order valence-corrected chi connectivity index (χ3v) is 7.31. The topological polar surface area (TPSA) is 113 Å². The van der Waals surface area contributed by atoms with Crippen molar-refractivity contribution >= 4 is 57.1 Å². The first-order chi connectivity index (χ1) is 13.3. The second-order valence-electron chi connectivity index (χ2n) is 6.55. The van der Waals surface area contributed by atoms with E-state index in [0.29, 0.717) is 42.8 Å². The lowest BCUT2D eigenvalue weighted by Crippen LogP contribution is -2.46. The van der Waals surface area contributed by atoms with E-state index in [4.69, 9.17) is 4.74 Å².